The molecule has 0 saturated carbocycles. The van der Waals surface area contributed by atoms with Crippen molar-refractivity contribution >= 4 is 11.7 Å². The molecule has 0 radical (unpaired) electrons. The standard InChI is InChI=1S/C6H10N2O2/c1-4(7)2-5-3-6(9)10-8-5/h4H,2-3,7H2,1H3/t4-/m0/s1. The second-order valence-electron chi connectivity index (χ2n) is 2.48. The molecule has 4 nitrogen and oxygen atoms in total. The lowest BCUT2D eigenvalue weighted by molar-refractivity contribution is -0.140. The number of carbonyl (C=O) groups excluding carboxylic acids is 1. The van der Waals surface area contributed by atoms with Crippen molar-refractivity contribution in [1.82, 2.24) is 0 Å². The number of hydrogen-bond donors (Lipinski definition) is 1. The SMILES string of the molecule is C[C@H](N)CC1=NOC(=O)C1. The number of hydrogen-bond acceptors (Lipinski definition) is 4. The van der Waals surface area contributed by atoms with Gasteiger partial charge in [-0.1, -0.05) is 5.16 Å². The molecule has 0 aromatic heterocycles. The predicted octanol–water partition coefficient (Wildman–Crippen LogP) is 0.0266. The fourth-order valence-electron chi connectivity index (χ4n) is 0.828. The van der Waals surface area contributed by atoms with Crippen LogP contribution in [0.25, 0.3) is 0 Å². The van der Waals surface area contributed by atoms with Crippen molar-refractivity contribution in [2.45, 2.75) is 25.8 Å². The monoisotopic (exact) mass is 142 g/mol. The molecule has 0 unspecified atom stereocenters. The zero-order valence-corrected chi connectivity index (χ0v) is 5.83. The van der Waals surface area contributed by atoms with Crippen LogP contribution in [-0.2, 0) is 9.63 Å². The van der Waals surface area contributed by atoms with Crippen LogP contribution in [0.2, 0.25) is 0 Å². The zero-order valence-electron chi connectivity index (χ0n) is 5.83. The number of nitrogens with zero attached hydrogens (tertiary/aromatic N) is 1. The summed E-state index contributed by atoms with van der Waals surface area (Å²) in [6.45, 7) is 1.87. The Morgan fingerprint density at radius 3 is 3.00 bits per heavy atom. The van der Waals surface area contributed by atoms with E-state index in [-0.39, 0.29) is 12.0 Å². The predicted molar refractivity (Wildman–Crippen MR) is 36.4 cm³/mol. The smallest absolute Gasteiger partial charge is 0.328 e. The molecule has 1 rings (SSSR count). The third kappa shape index (κ3) is 1.80. The van der Waals surface area contributed by atoms with E-state index in [1.165, 1.54) is 0 Å². The van der Waals surface area contributed by atoms with Gasteiger partial charge in [0, 0.05) is 12.5 Å². The van der Waals surface area contributed by atoms with Crippen LogP contribution >= 0.6 is 0 Å². The summed E-state index contributed by atoms with van der Waals surface area (Å²) in [4.78, 5) is 14.8. The van der Waals surface area contributed by atoms with Gasteiger partial charge in [0.25, 0.3) is 0 Å². The van der Waals surface area contributed by atoms with Gasteiger partial charge in [0.1, 0.15) is 0 Å². The molecule has 1 aliphatic heterocycles. The summed E-state index contributed by atoms with van der Waals surface area (Å²) < 4.78 is 0. The maximum Gasteiger partial charge on any atom is 0.340 e. The summed E-state index contributed by atoms with van der Waals surface area (Å²) in [6.07, 6.45) is 0.952. The lowest BCUT2D eigenvalue weighted by atomic mass is 10.1. The minimum absolute atomic E-state index is 0.0493. The van der Waals surface area contributed by atoms with E-state index < -0.39 is 0 Å². The van der Waals surface area contributed by atoms with Gasteiger partial charge in [-0.3, -0.25) is 0 Å². The average Bonchev–Trinajstić information content (AvgIpc) is 2.13. The normalized spacial score (nSPS) is 20.2. The molecule has 0 fully saturated rings. The topological polar surface area (TPSA) is 64.7 Å². The Labute approximate surface area is 59.0 Å². The molecule has 0 amide bonds. The van der Waals surface area contributed by atoms with Crippen molar-refractivity contribution in [3.8, 4) is 0 Å². The number of carbonyl (C=O) groups is 1. The van der Waals surface area contributed by atoms with Crippen LogP contribution in [0.5, 0.6) is 0 Å². The van der Waals surface area contributed by atoms with Crippen LogP contribution in [0.1, 0.15) is 19.8 Å². The Hall–Kier alpha value is -0.900. The van der Waals surface area contributed by atoms with Gasteiger partial charge in [-0.25, -0.2) is 4.79 Å². The number of rotatable bonds is 2. The molecule has 0 aromatic rings. The van der Waals surface area contributed by atoms with Crippen molar-refractivity contribution in [2.24, 2.45) is 10.9 Å². The average molecular weight is 142 g/mol. The maximum atomic E-state index is 10.5. The Kier molecular flexibility index (Phi) is 2.01. The summed E-state index contributed by atoms with van der Waals surface area (Å²) in [5.74, 6) is -0.282. The highest BCUT2D eigenvalue weighted by atomic mass is 16.7. The molecule has 1 aliphatic rings. The number of oxime groups is 1. The zero-order chi connectivity index (χ0) is 7.56. The van der Waals surface area contributed by atoms with Crippen molar-refractivity contribution in [2.75, 3.05) is 0 Å². The molecule has 0 aliphatic carbocycles. The van der Waals surface area contributed by atoms with Gasteiger partial charge < -0.3 is 10.6 Å². The summed E-state index contributed by atoms with van der Waals surface area (Å²) in [5.41, 5.74) is 6.22. The lowest BCUT2D eigenvalue weighted by Crippen LogP contribution is -2.19. The molecule has 0 bridgehead atoms. The third-order valence-corrected chi connectivity index (χ3v) is 1.18. The first-order chi connectivity index (χ1) is 4.68. The highest BCUT2D eigenvalue weighted by molar-refractivity contribution is 6.01. The first-order valence-electron chi connectivity index (χ1n) is 3.19. The first-order valence-corrected chi connectivity index (χ1v) is 3.19. The molecule has 56 valence electrons. The Morgan fingerprint density at radius 1 is 1.90 bits per heavy atom. The van der Waals surface area contributed by atoms with Crippen LogP contribution < -0.4 is 5.73 Å². The molecule has 4 heteroatoms. The highest BCUT2D eigenvalue weighted by Crippen LogP contribution is 2.06. The first kappa shape index (κ1) is 7.21. The number of nitrogens with two attached hydrogens (primary N) is 1. The fourth-order valence-corrected chi connectivity index (χ4v) is 0.828. The highest BCUT2D eigenvalue weighted by Gasteiger charge is 2.17. The molecule has 0 saturated heterocycles. The van der Waals surface area contributed by atoms with Gasteiger partial charge in [0.05, 0.1) is 12.1 Å². The van der Waals surface area contributed by atoms with E-state index in [4.69, 9.17) is 5.73 Å². The fraction of sp³-hybridized carbons (Fsp3) is 0.667. The molecule has 0 spiro atoms. The summed E-state index contributed by atoms with van der Waals surface area (Å²) in [5, 5.41) is 3.54. The van der Waals surface area contributed by atoms with Gasteiger partial charge in [0.15, 0.2) is 0 Å². The van der Waals surface area contributed by atoms with Crippen LogP contribution in [0.3, 0.4) is 0 Å². The molecular formula is C6H10N2O2. The van der Waals surface area contributed by atoms with E-state index in [0.29, 0.717) is 12.8 Å². The van der Waals surface area contributed by atoms with E-state index in [2.05, 4.69) is 9.99 Å². The minimum atomic E-state index is -0.282. The van der Waals surface area contributed by atoms with Crippen LogP contribution in [0.15, 0.2) is 5.16 Å². The molecule has 0 aromatic carbocycles. The van der Waals surface area contributed by atoms with Gasteiger partial charge in [-0.15, -0.1) is 0 Å². The van der Waals surface area contributed by atoms with E-state index in [1.54, 1.807) is 0 Å². The van der Waals surface area contributed by atoms with E-state index >= 15 is 0 Å². The van der Waals surface area contributed by atoms with Crippen LogP contribution in [0.4, 0.5) is 0 Å². The van der Waals surface area contributed by atoms with Crippen molar-refractivity contribution in [3.63, 3.8) is 0 Å². The molecule has 10 heavy (non-hydrogen) atoms. The molecule has 2 N–H and O–H groups in total. The second kappa shape index (κ2) is 2.79. The summed E-state index contributed by atoms with van der Waals surface area (Å²) in [6, 6.07) is 0.0493. The van der Waals surface area contributed by atoms with Gasteiger partial charge in [0.2, 0.25) is 0 Å². The molecule has 1 atom stereocenters. The minimum Gasteiger partial charge on any atom is -0.328 e. The second-order valence-corrected chi connectivity index (χ2v) is 2.48. The molecule has 1 heterocycles. The lowest BCUT2D eigenvalue weighted by Gasteiger charge is -1.99. The van der Waals surface area contributed by atoms with Crippen molar-refractivity contribution in [1.29, 1.82) is 0 Å². The van der Waals surface area contributed by atoms with Gasteiger partial charge in [-0.05, 0) is 6.92 Å². The van der Waals surface area contributed by atoms with E-state index in [0.717, 1.165) is 5.71 Å². The van der Waals surface area contributed by atoms with Crippen molar-refractivity contribution < 1.29 is 9.63 Å². The van der Waals surface area contributed by atoms with Gasteiger partial charge >= 0.3 is 5.97 Å². The Bertz CT molecular complexity index is 175. The van der Waals surface area contributed by atoms with E-state index in [1.807, 2.05) is 6.92 Å². The quantitative estimate of drug-likeness (QED) is 0.553. The Balaban J connectivity index is 2.37. The summed E-state index contributed by atoms with van der Waals surface area (Å²) >= 11 is 0. The largest absolute Gasteiger partial charge is 0.340 e. The molecular weight excluding hydrogens is 132 g/mol. The van der Waals surface area contributed by atoms with Crippen LogP contribution in [-0.4, -0.2) is 17.7 Å². The summed E-state index contributed by atoms with van der Waals surface area (Å²) in [7, 11) is 0. The Morgan fingerprint density at radius 2 is 2.60 bits per heavy atom. The van der Waals surface area contributed by atoms with Crippen LogP contribution in [0, 0.1) is 0 Å². The van der Waals surface area contributed by atoms with Gasteiger partial charge in [-0.2, -0.15) is 0 Å². The van der Waals surface area contributed by atoms with Crippen molar-refractivity contribution in [3.05, 3.63) is 0 Å². The maximum absolute atomic E-state index is 10.5. The third-order valence-electron chi connectivity index (χ3n) is 1.18. The van der Waals surface area contributed by atoms with E-state index in [9.17, 15) is 4.79 Å².